The lowest BCUT2D eigenvalue weighted by molar-refractivity contribution is -0.141. The zero-order valence-electron chi connectivity index (χ0n) is 9.59. The zero-order chi connectivity index (χ0) is 14.0. The molecule has 104 valence electrons. The van der Waals surface area contributed by atoms with Crippen LogP contribution in [0.1, 0.15) is 18.5 Å². The number of halogens is 4. The van der Waals surface area contributed by atoms with Crippen LogP contribution in [0.4, 0.5) is 19.0 Å². The van der Waals surface area contributed by atoms with Crippen LogP contribution in [0.2, 0.25) is 5.28 Å². The van der Waals surface area contributed by atoms with Crippen molar-refractivity contribution in [2.75, 3.05) is 11.9 Å². The maximum Gasteiger partial charge on any atom is 0.433 e. The van der Waals surface area contributed by atoms with Gasteiger partial charge in [0, 0.05) is 12.1 Å². The van der Waals surface area contributed by atoms with Gasteiger partial charge in [0.15, 0.2) is 5.69 Å². The van der Waals surface area contributed by atoms with E-state index in [0.29, 0.717) is 6.07 Å². The molecule has 0 aromatic carbocycles. The first-order valence-corrected chi connectivity index (χ1v) is 5.87. The summed E-state index contributed by atoms with van der Waals surface area (Å²) < 4.78 is 37.4. The molecule has 0 saturated heterocycles. The zero-order valence-corrected chi connectivity index (χ0v) is 10.3. The molecule has 2 rings (SSSR count). The number of carbonyl (C=O) groups excluding carboxylic acids is 1. The fourth-order valence-corrected chi connectivity index (χ4v) is 1.51. The highest BCUT2D eigenvalue weighted by atomic mass is 35.5. The van der Waals surface area contributed by atoms with Crippen molar-refractivity contribution in [3.05, 3.63) is 17.0 Å². The summed E-state index contributed by atoms with van der Waals surface area (Å²) in [5.74, 6) is -0.441. The molecule has 1 heterocycles. The van der Waals surface area contributed by atoms with Crippen molar-refractivity contribution < 1.29 is 18.0 Å². The van der Waals surface area contributed by atoms with Gasteiger partial charge in [0.1, 0.15) is 5.82 Å². The van der Waals surface area contributed by atoms with Crippen LogP contribution in [0.3, 0.4) is 0 Å². The molecule has 2 N–H and O–H groups in total. The van der Waals surface area contributed by atoms with Gasteiger partial charge in [0.05, 0.1) is 6.54 Å². The molecule has 1 aromatic rings. The van der Waals surface area contributed by atoms with Crippen molar-refractivity contribution >= 4 is 23.3 Å². The van der Waals surface area contributed by atoms with Crippen LogP contribution in [0.5, 0.6) is 0 Å². The smallest absolute Gasteiger partial charge is 0.361 e. The van der Waals surface area contributed by atoms with Crippen LogP contribution in [0, 0.1) is 0 Å². The first-order chi connectivity index (χ1) is 8.84. The molecule has 1 aromatic heterocycles. The lowest BCUT2D eigenvalue weighted by Crippen LogP contribution is -2.31. The Morgan fingerprint density at radius 3 is 2.68 bits per heavy atom. The number of alkyl halides is 3. The molecule has 0 bridgehead atoms. The van der Waals surface area contributed by atoms with E-state index in [2.05, 4.69) is 20.6 Å². The number of aromatic nitrogens is 2. The van der Waals surface area contributed by atoms with Gasteiger partial charge < -0.3 is 10.6 Å². The predicted molar refractivity (Wildman–Crippen MR) is 61.7 cm³/mol. The van der Waals surface area contributed by atoms with Crippen LogP contribution in [-0.4, -0.2) is 28.5 Å². The van der Waals surface area contributed by atoms with Crippen molar-refractivity contribution in [3.8, 4) is 0 Å². The maximum absolute atomic E-state index is 12.5. The van der Waals surface area contributed by atoms with Crippen molar-refractivity contribution in [2.45, 2.75) is 25.1 Å². The fourth-order valence-electron chi connectivity index (χ4n) is 1.33. The molecule has 0 aliphatic heterocycles. The minimum atomic E-state index is -4.61. The Morgan fingerprint density at radius 2 is 2.11 bits per heavy atom. The fraction of sp³-hybridized carbons (Fsp3) is 0.500. The lowest BCUT2D eigenvalue weighted by Gasteiger charge is -2.09. The van der Waals surface area contributed by atoms with Gasteiger partial charge >= 0.3 is 6.18 Å². The second-order valence-electron chi connectivity index (χ2n) is 4.10. The second-order valence-corrected chi connectivity index (χ2v) is 4.44. The standard InChI is InChI=1S/C10H10ClF3N4O/c11-9-17-6(10(12,13)14)3-7(18-9)15-4-8(19)16-5-1-2-5/h3,5H,1-2,4H2,(H,16,19)(H,15,17,18). The van der Waals surface area contributed by atoms with E-state index in [1.807, 2.05) is 0 Å². The number of carbonyl (C=O) groups is 1. The molecule has 0 unspecified atom stereocenters. The molecule has 5 nitrogen and oxygen atoms in total. The number of hydrogen-bond donors (Lipinski definition) is 2. The average Bonchev–Trinajstić information content (AvgIpc) is 3.08. The molecule has 19 heavy (non-hydrogen) atoms. The SMILES string of the molecule is O=C(CNc1cc(C(F)(F)F)nc(Cl)n1)NC1CC1. The van der Waals surface area contributed by atoms with Gasteiger partial charge in [-0.1, -0.05) is 0 Å². The summed E-state index contributed by atoms with van der Waals surface area (Å²) in [6.45, 7) is -0.166. The molecule has 1 amide bonds. The van der Waals surface area contributed by atoms with Crippen LogP contribution < -0.4 is 10.6 Å². The van der Waals surface area contributed by atoms with Crippen LogP contribution in [-0.2, 0) is 11.0 Å². The number of amides is 1. The van der Waals surface area contributed by atoms with Crippen molar-refractivity contribution in [1.29, 1.82) is 0 Å². The van der Waals surface area contributed by atoms with Crippen molar-refractivity contribution in [2.24, 2.45) is 0 Å². The summed E-state index contributed by atoms with van der Waals surface area (Å²) in [6.07, 6.45) is -2.74. The lowest BCUT2D eigenvalue weighted by atomic mass is 10.4. The Bertz CT molecular complexity index is 490. The third kappa shape index (κ3) is 4.23. The van der Waals surface area contributed by atoms with E-state index in [1.54, 1.807) is 0 Å². The summed E-state index contributed by atoms with van der Waals surface area (Å²) in [7, 11) is 0. The summed E-state index contributed by atoms with van der Waals surface area (Å²) in [5, 5.41) is 4.64. The van der Waals surface area contributed by atoms with Crippen LogP contribution in [0.15, 0.2) is 6.07 Å². The summed E-state index contributed by atoms with van der Waals surface area (Å²) in [4.78, 5) is 18.0. The van der Waals surface area contributed by atoms with Gasteiger partial charge in [-0.3, -0.25) is 4.79 Å². The topological polar surface area (TPSA) is 66.9 Å². The Balaban J connectivity index is 1.99. The third-order valence-corrected chi connectivity index (χ3v) is 2.53. The number of nitrogens with zero attached hydrogens (tertiary/aromatic N) is 2. The maximum atomic E-state index is 12.5. The first-order valence-electron chi connectivity index (χ1n) is 5.49. The monoisotopic (exact) mass is 294 g/mol. The van der Waals surface area contributed by atoms with Gasteiger partial charge in [0.25, 0.3) is 0 Å². The molecule has 0 atom stereocenters. The number of nitrogens with one attached hydrogen (secondary N) is 2. The second kappa shape index (κ2) is 5.20. The Kier molecular flexibility index (Phi) is 3.79. The minimum absolute atomic E-state index is 0.140. The highest BCUT2D eigenvalue weighted by Crippen LogP contribution is 2.29. The summed E-state index contributed by atoms with van der Waals surface area (Å²) in [5.41, 5.74) is -1.15. The van der Waals surface area contributed by atoms with E-state index in [1.165, 1.54) is 0 Å². The van der Waals surface area contributed by atoms with Crippen molar-refractivity contribution in [3.63, 3.8) is 0 Å². The third-order valence-electron chi connectivity index (χ3n) is 2.36. The highest BCUT2D eigenvalue weighted by molar-refractivity contribution is 6.28. The van der Waals surface area contributed by atoms with Gasteiger partial charge in [-0.25, -0.2) is 9.97 Å². The van der Waals surface area contributed by atoms with E-state index >= 15 is 0 Å². The van der Waals surface area contributed by atoms with Crippen LogP contribution >= 0.6 is 11.6 Å². The largest absolute Gasteiger partial charge is 0.433 e. The average molecular weight is 295 g/mol. The predicted octanol–water partition coefficient (Wildman–Crippen LogP) is 1.84. The molecule has 0 radical (unpaired) electrons. The van der Waals surface area contributed by atoms with E-state index < -0.39 is 17.2 Å². The van der Waals surface area contributed by atoms with Gasteiger partial charge in [0.2, 0.25) is 11.2 Å². The first kappa shape index (κ1) is 13.9. The van der Waals surface area contributed by atoms with Gasteiger partial charge in [-0.2, -0.15) is 13.2 Å². The van der Waals surface area contributed by atoms with Crippen molar-refractivity contribution in [1.82, 2.24) is 15.3 Å². The Hall–Kier alpha value is -1.57. The van der Waals surface area contributed by atoms with E-state index in [-0.39, 0.29) is 24.3 Å². The molecular weight excluding hydrogens is 285 g/mol. The molecule has 1 saturated carbocycles. The quantitative estimate of drug-likeness (QED) is 0.832. The molecule has 1 fully saturated rings. The molecule has 9 heteroatoms. The van der Waals surface area contributed by atoms with Gasteiger partial charge in [-0.15, -0.1) is 0 Å². The molecule has 1 aliphatic carbocycles. The van der Waals surface area contributed by atoms with E-state index in [0.717, 1.165) is 12.8 Å². The normalized spacial score (nSPS) is 15.2. The summed E-state index contributed by atoms with van der Waals surface area (Å²) in [6, 6.07) is 0.894. The Labute approximate surface area is 111 Å². The number of hydrogen-bond acceptors (Lipinski definition) is 4. The van der Waals surface area contributed by atoms with Gasteiger partial charge in [-0.05, 0) is 24.4 Å². The summed E-state index contributed by atoms with van der Waals surface area (Å²) >= 11 is 5.40. The minimum Gasteiger partial charge on any atom is -0.361 e. The number of rotatable bonds is 4. The molecule has 0 spiro atoms. The van der Waals surface area contributed by atoms with E-state index in [9.17, 15) is 18.0 Å². The van der Waals surface area contributed by atoms with E-state index in [4.69, 9.17) is 11.6 Å². The molecular formula is C10H10ClF3N4O. The molecule has 1 aliphatic rings. The Morgan fingerprint density at radius 1 is 1.42 bits per heavy atom. The number of anilines is 1. The van der Waals surface area contributed by atoms with Crippen LogP contribution in [0.25, 0.3) is 0 Å². The highest BCUT2D eigenvalue weighted by Gasteiger charge is 2.33.